The highest BCUT2D eigenvalue weighted by molar-refractivity contribution is 5.70. The van der Waals surface area contributed by atoms with Gasteiger partial charge in [-0.05, 0) is 6.92 Å². The van der Waals surface area contributed by atoms with Gasteiger partial charge in [0.05, 0.1) is 6.20 Å². The summed E-state index contributed by atoms with van der Waals surface area (Å²) in [6.45, 7) is 9.92. The topological polar surface area (TPSA) is 38.9 Å². The summed E-state index contributed by atoms with van der Waals surface area (Å²) in [5.74, 6) is 0. The van der Waals surface area contributed by atoms with Gasteiger partial charge in [-0.3, -0.25) is 4.98 Å². The van der Waals surface area contributed by atoms with E-state index in [1.165, 1.54) is 6.39 Å². The van der Waals surface area contributed by atoms with Crippen LogP contribution >= 0.6 is 0 Å². The molecule has 2 aromatic heterocycles. The van der Waals surface area contributed by atoms with Crippen LogP contribution in [0.15, 0.2) is 23.1 Å². The Bertz CT molecular complexity index is 355. The lowest BCUT2D eigenvalue weighted by Gasteiger charge is -1.87. The average molecular weight is 194 g/mol. The van der Waals surface area contributed by atoms with Gasteiger partial charge in [0.2, 0.25) is 0 Å². The average Bonchev–Trinajstić information content (AvgIpc) is 2.71. The quantitative estimate of drug-likeness (QED) is 0.643. The van der Waals surface area contributed by atoms with E-state index in [-0.39, 0.29) is 0 Å². The highest BCUT2D eigenvalue weighted by Crippen LogP contribution is 2.10. The van der Waals surface area contributed by atoms with Crippen molar-refractivity contribution in [3.63, 3.8) is 0 Å². The normalized spacial score (nSPS) is 8.36. The Hall–Kier alpha value is -1.38. The van der Waals surface area contributed by atoms with E-state index in [9.17, 15) is 0 Å². The zero-order valence-corrected chi connectivity index (χ0v) is 9.53. The summed E-state index contributed by atoms with van der Waals surface area (Å²) in [6, 6.07) is 1.86. The highest BCUT2D eigenvalue weighted by Gasteiger charge is 1.96. The first-order chi connectivity index (χ1) is 6.86. The molecule has 3 heteroatoms. The third-order valence-electron chi connectivity index (χ3n) is 1.35. The molecule has 0 saturated heterocycles. The Balaban J connectivity index is 0.000000379. The molecule has 0 amide bonds. The van der Waals surface area contributed by atoms with E-state index >= 15 is 0 Å². The van der Waals surface area contributed by atoms with Crippen molar-refractivity contribution in [2.75, 3.05) is 0 Å². The Labute approximate surface area is 85.2 Å². The fraction of sp³-hybridized carbons (Fsp3) is 0.455. The van der Waals surface area contributed by atoms with Crippen LogP contribution in [-0.2, 0) is 0 Å². The van der Waals surface area contributed by atoms with E-state index < -0.39 is 0 Å². The molecule has 2 rings (SSSR count). The van der Waals surface area contributed by atoms with Crippen molar-refractivity contribution in [1.29, 1.82) is 0 Å². The molecule has 0 aliphatic heterocycles. The van der Waals surface area contributed by atoms with E-state index in [4.69, 9.17) is 4.42 Å². The summed E-state index contributed by atoms with van der Waals surface area (Å²) < 4.78 is 5.05. The van der Waals surface area contributed by atoms with E-state index in [1.807, 2.05) is 40.7 Å². The van der Waals surface area contributed by atoms with Gasteiger partial charge in [-0.2, -0.15) is 0 Å². The fourth-order valence-corrected chi connectivity index (χ4v) is 0.859. The van der Waals surface area contributed by atoms with E-state index in [0.717, 1.165) is 16.8 Å². The smallest absolute Gasteiger partial charge is 0.182 e. The molecular formula is C11H18N2O. The Morgan fingerprint density at radius 2 is 1.71 bits per heavy atom. The molecule has 0 aliphatic carbocycles. The molecule has 0 fully saturated rings. The molecule has 14 heavy (non-hydrogen) atoms. The molecule has 78 valence electrons. The number of nitrogens with zero attached hydrogens (tertiary/aromatic N) is 2. The molecule has 0 bridgehead atoms. The lowest BCUT2D eigenvalue weighted by Crippen LogP contribution is -1.77. The zero-order valence-electron chi connectivity index (χ0n) is 9.53. The van der Waals surface area contributed by atoms with Gasteiger partial charge in [-0.15, -0.1) is 0 Å². The highest BCUT2D eigenvalue weighted by atomic mass is 16.3. The second-order valence-electron chi connectivity index (χ2n) is 2.15. The standard InChI is InChI=1S/C7H6N2O.2C2H6/c1-5-2-7-6(3-8-5)9-4-10-7;2*1-2/h2-4H,1H3;2*1-2H3. The van der Waals surface area contributed by atoms with Gasteiger partial charge in [-0.25, -0.2) is 4.98 Å². The molecule has 0 aromatic carbocycles. The van der Waals surface area contributed by atoms with Gasteiger partial charge < -0.3 is 4.42 Å². The number of oxazole rings is 1. The van der Waals surface area contributed by atoms with Crippen LogP contribution in [0.5, 0.6) is 0 Å². The lowest BCUT2D eigenvalue weighted by atomic mass is 10.3. The minimum Gasteiger partial charge on any atom is -0.443 e. The third kappa shape index (κ3) is 3.17. The fourth-order valence-electron chi connectivity index (χ4n) is 0.859. The van der Waals surface area contributed by atoms with Gasteiger partial charge in [0.15, 0.2) is 12.0 Å². The summed E-state index contributed by atoms with van der Waals surface area (Å²) in [4.78, 5) is 7.99. The predicted molar refractivity (Wildman–Crippen MR) is 59.2 cm³/mol. The molecule has 0 N–H and O–H groups in total. The first-order valence-corrected chi connectivity index (χ1v) is 5.02. The number of rotatable bonds is 0. The number of hydrogen-bond acceptors (Lipinski definition) is 3. The second-order valence-corrected chi connectivity index (χ2v) is 2.15. The monoisotopic (exact) mass is 194 g/mol. The van der Waals surface area contributed by atoms with E-state index in [0.29, 0.717) is 0 Å². The maximum atomic E-state index is 5.05. The Morgan fingerprint density at radius 1 is 1.07 bits per heavy atom. The number of aryl methyl sites for hydroxylation is 1. The zero-order chi connectivity index (χ0) is 11.0. The van der Waals surface area contributed by atoms with Crippen molar-refractivity contribution in [1.82, 2.24) is 9.97 Å². The molecule has 2 heterocycles. The molecule has 2 aromatic rings. The Morgan fingerprint density at radius 3 is 2.36 bits per heavy atom. The minimum atomic E-state index is 0.799. The molecule has 0 unspecified atom stereocenters. The van der Waals surface area contributed by atoms with Crippen molar-refractivity contribution in [3.05, 3.63) is 24.4 Å². The molecule has 0 saturated carbocycles. The van der Waals surface area contributed by atoms with Crippen LogP contribution in [0.2, 0.25) is 0 Å². The number of pyridine rings is 1. The summed E-state index contributed by atoms with van der Waals surface area (Å²) in [5.41, 5.74) is 2.56. The first kappa shape index (κ1) is 12.6. The van der Waals surface area contributed by atoms with Crippen molar-refractivity contribution >= 4 is 11.1 Å². The van der Waals surface area contributed by atoms with E-state index in [2.05, 4.69) is 9.97 Å². The molecule has 0 aliphatic rings. The molecule has 0 atom stereocenters. The largest absolute Gasteiger partial charge is 0.443 e. The van der Waals surface area contributed by atoms with Crippen molar-refractivity contribution in [3.8, 4) is 0 Å². The van der Waals surface area contributed by atoms with Crippen LogP contribution in [0.25, 0.3) is 11.1 Å². The van der Waals surface area contributed by atoms with Crippen LogP contribution in [-0.4, -0.2) is 9.97 Å². The van der Waals surface area contributed by atoms with Crippen LogP contribution in [0.4, 0.5) is 0 Å². The van der Waals surface area contributed by atoms with Gasteiger partial charge in [-0.1, -0.05) is 27.7 Å². The third-order valence-corrected chi connectivity index (χ3v) is 1.35. The second kappa shape index (κ2) is 7.06. The summed E-state index contributed by atoms with van der Waals surface area (Å²) >= 11 is 0. The van der Waals surface area contributed by atoms with Crippen molar-refractivity contribution in [2.24, 2.45) is 0 Å². The van der Waals surface area contributed by atoms with Crippen molar-refractivity contribution in [2.45, 2.75) is 34.6 Å². The maximum Gasteiger partial charge on any atom is 0.182 e. The molecular weight excluding hydrogens is 176 g/mol. The predicted octanol–water partition coefficient (Wildman–Crippen LogP) is 3.58. The van der Waals surface area contributed by atoms with Crippen LogP contribution in [0, 0.1) is 6.92 Å². The summed E-state index contributed by atoms with van der Waals surface area (Å²) in [5, 5.41) is 0. The molecule has 3 nitrogen and oxygen atoms in total. The number of aromatic nitrogens is 2. The maximum absolute atomic E-state index is 5.05. The minimum absolute atomic E-state index is 0.799. The first-order valence-electron chi connectivity index (χ1n) is 5.02. The number of hydrogen-bond donors (Lipinski definition) is 0. The van der Waals surface area contributed by atoms with Crippen LogP contribution in [0.3, 0.4) is 0 Å². The summed E-state index contributed by atoms with van der Waals surface area (Å²) in [7, 11) is 0. The molecule has 0 spiro atoms. The van der Waals surface area contributed by atoms with Gasteiger partial charge in [0.25, 0.3) is 0 Å². The SMILES string of the molecule is CC.CC.Cc1cc2ocnc2cn1. The van der Waals surface area contributed by atoms with Gasteiger partial charge >= 0.3 is 0 Å². The van der Waals surface area contributed by atoms with Crippen LogP contribution < -0.4 is 0 Å². The van der Waals surface area contributed by atoms with Crippen LogP contribution in [0.1, 0.15) is 33.4 Å². The van der Waals surface area contributed by atoms with Gasteiger partial charge in [0.1, 0.15) is 5.52 Å². The molecule has 0 radical (unpaired) electrons. The number of fused-ring (bicyclic) bond motifs is 1. The van der Waals surface area contributed by atoms with Gasteiger partial charge in [0, 0.05) is 11.8 Å². The summed E-state index contributed by atoms with van der Waals surface area (Å²) in [6.07, 6.45) is 3.12. The Kier molecular flexibility index (Phi) is 6.37. The van der Waals surface area contributed by atoms with Crippen molar-refractivity contribution < 1.29 is 4.42 Å². The lowest BCUT2D eigenvalue weighted by molar-refractivity contribution is 0.601. The van der Waals surface area contributed by atoms with E-state index in [1.54, 1.807) is 6.20 Å².